The van der Waals surface area contributed by atoms with Crippen molar-refractivity contribution < 1.29 is 27.0 Å². The van der Waals surface area contributed by atoms with Gasteiger partial charge in [-0.15, -0.1) is 0 Å². The molecule has 2 heterocycles. The lowest BCUT2D eigenvalue weighted by Crippen LogP contribution is -2.28. The zero-order valence-corrected chi connectivity index (χ0v) is 15.4. The van der Waals surface area contributed by atoms with Gasteiger partial charge < -0.3 is 14.2 Å². The largest absolute Gasteiger partial charge is 0.493 e. The van der Waals surface area contributed by atoms with Gasteiger partial charge in [0.05, 0.1) is 30.8 Å². The van der Waals surface area contributed by atoms with Crippen molar-refractivity contribution in [1.82, 2.24) is 4.72 Å². The van der Waals surface area contributed by atoms with Gasteiger partial charge in [0, 0.05) is 18.1 Å². The number of rotatable bonds is 3. The Bertz CT molecular complexity index is 947. The second-order valence-electron chi connectivity index (χ2n) is 6.51. The van der Waals surface area contributed by atoms with Crippen molar-refractivity contribution in [3.63, 3.8) is 0 Å². The van der Waals surface area contributed by atoms with Gasteiger partial charge in [-0.1, -0.05) is 0 Å². The molecule has 0 saturated carbocycles. The van der Waals surface area contributed by atoms with Crippen molar-refractivity contribution in [3.05, 3.63) is 47.8 Å². The number of nitrogens with one attached hydrogen (secondary N) is 1. The molecule has 0 aromatic heterocycles. The van der Waals surface area contributed by atoms with E-state index in [1.54, 1.807) is 6.07 Å². The van der Waals surface area contributed by atoms with Gasteiger partial charge in [-0.3, -0.25) is 0 Å². The number of fused-ring (bicyclic) bond motifs is 2. The summed E-state index contributed by atoms with van der Waals surface area (Å²) in [6, 6.07) is 8.13. The fourth-order valence-electron chi connectivity index (χ4n) is 3.24. The number of sulfonamides is 1. The van der Waals surface area contributed by atoms with Crippen molar-refractivity contribution >= 4 is 10.0 Å². The van der Waals surface area contributed by atoms with E-state index in [2.05, 4.69) is 4.72 Å². The van der Waals surface area contributed by atoms with Crippen LogP contribution in [0.3, 0.4) is 0 Å². The SMILES string of the molecule is O=S(=O)(N[C@H]1CCCOc2ccc(F)cc21)c1ccc2c(c1)OCCCO2. The lowest BCUT2D eigenvalue weighted by atomic mass is 10.0. The molecule has 8 heteroatoms. The van der Waals surface area contributed by atoms with Crippen LogP contribution in [0.1, 0.15) is 30.9 Å². The second kappa shape index (κ2) is 7.36. The topological polar surface area (TPSA) is 73.9 Å². The maximum absolute atomic E-state index is 13.7. The summed E-state index contributed by atoms with van der Waals surface area (Å²) in [5, 5.41) is 0. The van der Waals surface area contributed by atoms with Gasteiger partial charge in [0.15, 0.2) is 11.5 Å². The second-order valence-corrected chi connectivity index (χ2v) is 8.22. The smallest absolute Gasteiger partial charge is 0.241 e. The van der Waals surface area contributed by atoms with E-state index < -0.39 is 21.9 Å². The average molecular weight is 393 g/mol. The molecule has 2 aliphatic heterocycles. The van der Waals surface area contributed by atoms with Crippen LogP contribution in [0.2, 0.25) is 0 Å². The van der Waals surface area contributed by atoms with E-state index >= 15 is 0 Å². The molecule has 2 aliphatic rings. The molecular weight excluding hydrogens is 373 g/mol. The lowest BCUT2D eigenvalue weighted by molar-refractivity contribution is 0.297. The van der Waals surface area contributed by atoms with Gasteiger partial charge in [-0.25, -0.2) is 17.5 Å². The highest BCUT2D eigenvalue weighted by Crippen LogP contribution is 2.35. The first kappa shape index (κ1) is 18.1. The number of halogens is 1. The zero-order valence-electron chi connectivity index (χ0n) is 14.6. The first-order valence-electron chi connectivity index (χ1n) is 8.87. The van der Waals surface area contributed by atoms with E-state index in [4.69, 9.17) is 14.2 Å². The van der Waals surface area contributed by atoms with Gasteiger partial charge in [-0.05, 0) is 43.2 Å². The molecule has 0 spiro atoms. The Labute approximate surface area is 157 Å². The van der Waals surface area contributed by atoms with E-state index in [1.807, 2.05) is 0 Å². The van der Waals surface area contributed by atoms with Crippen LogP contribution < -0.4 is 18.9 Å². The predicted molar refractivity (Wildman–Crippen MR) is 96.2 cm³/mol. The highest BCUT2D eigenvalue weighted by Gasteiger charge is 2.27. The number of hydrogen-bond acceptors (Lipinski definition) is 5. The summed E-state index contributed by atoms with van der Waals surface area (Å²) in [5.74, 6) is 1.01. The molecule has 2 aromatic carbocycles. The van der Waals surface area contributed by atoms with E-state index in [0.717, 1.165) is 6.42 Å². The summed E-state index contributed by atoms with van der Waals surface area (Å²) in [6.45, 7) is 1.46. The van der Waals surface area contributed by atoms with Crippen molar-refractivity contribution in [2.75, 3.05) is 19.8 Å². The lowest BCUT2D eigenvalue weighted by Gasteiger charge is -2.19. The molecule has 0 bridgehead atoms. The van der Waals surface area contributed by atoms with E-state index in [-0.39, 0.29) is 4.90 Å². The van der Waals surface area contributed by atoms with Crippen LogP contribution in [0.15, 0.2) is 41.3 Å². The van der Waals surface area contributed by atoms with Gasteiger partial charge >= 0.3 is 0 Å². The van der Waals surface area contributed by atoms with E-state index in [0.29, 0.717) is 55.5 Å². The van der Waals surface area contributed by atoms with Crippen molar-refractivity contribution in [3.8, 4) is 17.2 Å². The predicted octanol–water partition coefficient (Wildman–Crippen LogP) is 3.18. The highest BCUT2D eigenvalue weighted by atomic mass is 32.2. The Hall–Kier alpha value is -2.32. The Balaban J connectivity index is 1.64. The Kier molecular flexibility index (Phi) is 4.92. The molecular formula is C19H20FNO5S. The molecule has 1 N–H and O–H groups in total. The molecule has 0 unspecified atom stereocenters. The number of ether oxygens (including phenoxy) is 3. The summed E-state index contributed by atoms with van der Waals surface area (Å²) >= 11 is 0. The highest BCUT2D eigenvalue weighted by molar-refractivity contribution is 7.89. The van der Waals surface area contributed by atoms with Crippen LogP contribution in [-0.2, 0) is 10.0 Å². The number of benzene rings is 2. The normalized spacial score (nSPS) is 19.4. The minimum Gasteiger partial charge on any atom is -0.493 e. The molecule has 0 amide bonds. The monoisotopic (exact) mass is 393 g/mol. The molecule has 6 nitrogen and oxygen atoms in total. The Morgan fingerprint density at radius 3 is 2.44 bits per heavy atom. The summed E-state index contributed by atoms with van der Waals surface area (Å²) < 4.78 is 59.0. The molecule has 144 valence electrons. The van der Waals surface area contributed by atoms with Crippen LogP contribution in [0.25, 0.3) is 0 Å². The van der Waals surface area contributed by atoms with Crippen LogP contribution in [0.5, 0.6) is 17.2 Å². The third-order valence-corrected chi connectivity index (χ3v) is 6.04. The van der Waals surface area contributed by atoms with Crippen LogP contribution in [0, 0.1) is 5.82 Å². The van der Waals surface area contributed by atoms with Crippen LogP contribution in [-0.4, -0.2) is 28.2 Å². The third kappa shape index (κ3) is 3.86. The van der Waals surface area contributed by atoms with Gasteiger partial charge in [-0.2, -0.15) is 0 Å². The fraction of sp³-hybridized carbons (Fsp3) is 0.368. The van der Waals surface area contributed by atoms with E-state index in [1.165, 1.54) is 30.3 Å². The molecule has 0 fully saturated rings. The molecule has 1 atom stereocenters. The minimum atomic E-state index is -3.84. The fourth-order valence-corrected chi connectivity index (χ4v) is 4.50. The van der Waals surface area contributed by atoms with Crippen molar-refractivity contribution in [2.45, 2.75) is 30.2 Å². The summed E-state index contributed by atoms with van der Waals surface area (Å²) in [4.78, 5) is 0.0786. The number of hydrogen-bond donors (Lipinski definition) is 1. The Morgan fingerprint density at radius 2 is 1.59 bits per heavy atom. The standard InChI is InChI=1S/C19H20FNO5S/c20-13-4-6-17-15(11-13)16(3-1-8-24-17)21-27(22,23)14-5-7-18-19(12-14)26-10-2-9-25-18/h4-7,11-12,16,21H,1-3,8-10H2/t16-/m0/s1. The maximum atomic E-state index is 13.7. The van der Waals surface area contributed by atoms with Crippen molar-refractivity contribution in [2.24, 2.45) is 0 Å². The summed E-state index contributed by atoms with van der Waals surface area (Å²) in [6.07, 6.45) is 1.91. The molecule has 0 radical (unpaired) electrons. The first-order chi connectivity index (χ1) is 13.0. The quantitative estimate of drug-likeness (QED) is 0.867. The molecule has 2 aromatic rings. The van der Waals surface area contributed by atoms with Crippen LogP contribution in [0.4, 0.5) is 4.39 Å². The maximum Gasteiger partial charge on any atom is 0.241 e. The molecule has 4 rings (SSSR count). The third-order valence-electron chi connectivity index (χ3n) is 4.57. The molecule has 27 heavy (non-hydrogen) atoms. The minimum absolute atomic E-state index is 0.0786. The van der Waals surface area contributed by atoms with Gasteiger partial charge in [0.1, 0.15) is 11.6 Å². The summed E-state index contributed by atoms with van der Waals surface area (Å²) in [5.41, 5.74) is 0.505. The van der Waals surface area contributed by atoms with E-state index in [9.17, 15) is 12.8 Å². The molecule has 0 saturated heterocycles. The van der Waals surface area contributed by atoms with Crippen LogP contribution >= 0.6 is 0 Å². The van der Waals surface area contributed by atoms with Crippen molar-refractivity contribution in [1.29, 1.82) is 0 Å². The Morgan fingerprint density at radius 1 is 0.889 bits per heavy atom. The van der Waals surface area contributed by atoms with Gasteiger partial charge in [0.2, 0.25) is 10.0 Å². The summed E-state index contributed by atoms with van der Waals surface area (Å²) in [7, 11) is -3.84. The zero-order chi connectivity index (χ0) is 18.9. The average Bonchev–Trinajstić information content (AvgIpc) is 2.99. The first-order valence-corrected chi connectivity index (χ1v) is 10.4. The molecule has 0 aliphatic carbocycles. The van der Waals surface area contributed by atoms with Gasteiger partial charge in [0.25, 0.3) is 0 Å².